The van der Waals surface area contributed by atoms with Crippen LogP contribution in [0, 0.1) is 0 Å². The summed E-state index contributed by atoms with van der Waals surface area (Å²) in [5.74, 6) is 1.26. The lowest BCUT2D eigenvalue weighted by Gasteiger charge is -2.35. The van der Waals surface area contributed by atoms with Crippen molar-refractivity contribution >= 4 is 22.7 Å². The van der Waals surface area contributed by atoms with E-state index in [0.717, 1.165) is 33.3 Å². The number of aryl methyl sites for hydroxylation is 1. The van der Waals surface area contributed by atoms with Gasteiger partial charge in [0.2, 0.25) is 0 Å². The maximum atomic E-state index is 12.7. The highest BCUT2D eigenvalue weighted by atomic mass is 16.6. The van der Waals surface area contributed by atoms with E-state index in [1.807, 2.05) is 78.9 Å². The minimum Gasteiger partial charge on any atom is -0.457 e. The summed E-state index contributed by atoms with van der Waals surface area (Å²) in [5, 5.41) is 11.5. The fraction of sp³-hybridized carbons (Fsp3) is 0.257. The van der Waals surface area contributed by atoms with Crippen LogP contribution in [0.1, 0.15) is 25.0 Å². The van der Waals surface area contributed by atoms with Gasteiger partial charge in [-0.3, -0.25) is 4.79 Å². The first-order valence-electron chi connectivity index (χ1n) is 14.7. The molecule has 3 heterocycles. The van der Waals surface area contributed by atoms with Crippen LogP contribution >= 0.6 is 0 Å². The van der Waals surface area contributed by atoms with E-state index in [1.165, 1.54) is 0 Å². The Morgan fingerprint density at radius 3 is 2.36 bits per heavy atom. The van der Waals surface area contributed by atoms with Gasteiger partial charge in [-0.05, 0) is 67.4 Å². The third-order valence-electron chi connectivity index (χ3n) is 8.04. The lowest BCUT2D eigenvalue weighted by molar-refractivity contribution is 0.0786. The third-order valence-corrected chi connectivity index (χ3v) is 8.04. The number of hydrogen-bond donors (Lipinski definition) is 2. The number of benzene rings is 3. The molecule has 226 valence electrons. The molecule has 0 unspecified atom stereocenters. The van der Waals surface area contributed by atoms with E-state index in [4.69, 9.17) is 9.47 Å². The quantitative estimate of drug-likeness (QED) is 0.240. The second kappa shape index (κ2) is 11.9. The topological polar surface area (TPSA) is 100 Å². The number of amides is 1. The van der Waals surface area contributed by atoms with Gasteiger partial charge < -0.3 is 33.9 Å². The lowest BCUT2D eigenvalue weighted by Crippen LogP contribution is -2.48. The number of carbonyl (C=O) groups is 1. The smallest absolute Gasteiger partial charge is 0.410 e. The van der Waals surface area contributed by atoms with Gasteiger partial charge in [-0.25, -0.2) is 4.79 Å². The summed E-state index contributed by atoms with van der Waals surface area (Å²) in [6, 6.07) is 25.1. The van der Waals surface area contributed by atoms with Crippen molar-refractivity contribution in [3.8, 4) is 22.6 Å². The van der Waals surface area contributed by atoms with E-state index in [-0.39, 0.29) is 18.3 Å². The van der Waals surface area contributed by atoms with Crippen LogP contribution in [0.25, 0.3) is 22.0 Å². The van der Waals surface area contributed by atoms with Gasteiger partial charge >= 0.3 is 6.09 Å². The maximum Gasteiger partial charge on any atom is 0.410 e. The summed E-state index contributed by atoms with van der Waals surface area (Å²) in [5.41, 5.74) is 3.67. The first-order valence-corrected chi connectivity index (χ1v) is 14.7. The summed E-state index contributed by atoms with van der Waals surface area (Å²) in [6.45, 7) is 6.30. The van der Waals surface area contributed by atoms with Crippen molar-refractivity contribution in [2.75, 3.05) is 31.1 Å². The van der Waals surface area contributed by atoms with Crippen LogP contribution in [0.4, 0.5) is 10.5 Å². The first kappa shape index (κ1) is 29.1. The van der Waals surface area contributed by atoms with Gasteiger partial charge in [-0.2, -0.15) is 0 Å². The number of aromatic amines is 1. The fourth-order valence-electron chi connectivity index (χ4n) is 5.50. The Morgan fingerprint density at radius 2 is 1.66 bits per heavy atom. The van der Waals surface area contributed by atoms with Gasteiger partial charge in [-0.1, -0.05) is 36.4 Å². The second-order valence-electron chi connectivity index (χ2n) is 11.6. The molecule has 9 nitrogen and oxygen atoms in total. The Kier molecular flexibility index (Phi) is 7.88. The number of carbonyl (C=O) groups excluding carboxylic acids is 1. The van der Waals surface area contributed by atoms with E-state index < -0.39 is 5.60 Å². The highest BCUT2D eigenvalue weighted by Gasteiger charge is 2.24. The molecule has 44 heavy (non-hydrogen) atoms. The number of H-pyrrole nitrogens is 1. The lowest BCUT2D eigenvalue weighted by atomic mass is 9.93. The van der Waals surface area contributed by atoms with Crippen LogP contribution in [0.5, 0.6) is 11.5 Å². The predicted octanol–water partition coefficient (Wildman–Crippen LogP) is 6.01. The zero-order chi connectivity index (χ0) is 30.8. The molecule has 0 radical (unpaired) electrons. The SMILES string of the molecule is Cn1cc(-c2cc(C(C)(C)O)ccc2Oc2ccc(N3CCN(C(=O)OCc4ccccc4)CC3)cc2)c2cc[nH]c2c1=O. The molecular formula is C35H36N4O5. The molecule has 1 fully saturated rings. The molecule has 0 aliphatic carbocycles. The Labute approximate surface area is 255 Å². The zero-order valence-electron chi connectivity index (χ0n) is 25.1. The number of pyridine rings is 1. The average Bonchev–Trinajstić information content (AvgIpc) is 3.53. The Hall–Kier alpha value is -5.02. The summed E-state index contributed by atoms with van der Waals surface area (Å²) in [6.07, 6.45) is 3.26. The molecule has 1 amide bonds. The molecule has 2 N–H and O–H groups in total. The van der Waals surface area contributed by atoms with Gasteiger partial charge in [0.05, 0.1) is 5.60 Å². The van der Waals surface area contributed by atoms with Crippen LogP contribution in [-0.4, -0.2) is 51.8 Å². The van der Waals surface area contributed by atoms with E-state index in [1.54, 1.807) is 42.8 Å². The molecule has 1 aliphatic rings. The molecule has 0 bridgehead atoms. The van der Waals surface area contributed by atoms with E-state index in [0.29, 0.717) is 43.2 Å². The van der Waals surface area contributed by atoms with E-state index >= 15 is 0 Å². The van der Waals surface area contributed by atoms with Crippen LogP contribution in [0.3, 0.4) is 0 Å². The fourth-order valence-corrected chi connectivity index (χ4v) is 5.50. The summed E-state index contributed by atoms with van der Waals surface area (Å²) in [7, 11) is 1.72. The van der Waals surface area contributed by atoms with E-state index in [2.05, 4.69) is 9.88 Å². The van der Waals surface area contributed by atoms with Crippen molar-refractivity contribution in [1.82, 2.24) is 14.5 Å². The number of anilines is 1. The number of fused-ring (bicyclic) bond motifs is 1. The normalized spacial score (nSPS) is 13.7. The minimum atomic E-state index is -1.06. The molecular weight excluding hydrogens is 556 g/mol. The Balaban J connectivity index is 1.17. The van der Waals surface area contributed by atoms with Crippen LogP contribution in [0.2, 0.25) is 0 Å². The van der Waals surface area contributed by atoms with Gasteiger partial charge in [0.25, 0.3) is 5.56 Å². The highest BCUT2D eigenvalue weighted by Crippen LogP contribution is 2.39. The zero-order valence-corrected chi connectivity index (χ0v) is 25.1. The number of ether oxygens (including phenoxy) is 2. The molecule has 5 aromatic rings. The van der Waals surface area contributed by atoms with Crippen molar-refractivity contribution in [3.63, 3.8) is 0 Å². The highest BCUT2D eigenvalue weighted by molar-refractivity contribution is 5.96. The second-order valence-corrected chi connectivity index (χ2v) is 11.6. The summed E-state index contributed by atoms with van der Waals surface area (Å²) < 4.78 is 13.5. The molecule has 3 aromatic carbocycles. The van der Waals surface area contributed by atoms with Gasteiger partial charge in [-0.15, -0.1) is 0 Å². The Morgan fingerprint density at radius 1 is 0.932 bits per heavy atom. The molecule has 1 saturated heterocycles. The number of hydrogen-bond acceptors (Lipinski definition) is 6. The standard InChI is InChI=1S/C35H36N4O5/c1-35(2,42)25-9-14-31(29(21-25)30-22-37(3)33(40)32-28(30)15-16-36-32)44-27-12-10-26(11-13-27)38-17-19-39(20-18-38)34(41)43-23-24-7-5-4-6-8-24/h4-16,21-22,36,42H,17-20,23H2,1-3H3. The monoisotopic (exact) mass is 592 g/mol. The molecule has 2 aromatic heterocycles. The molecule has 6 rings (SSSR count). The van der Waals surface area contributed by atoms with Crippen LogP contribution < -0.4 is 15.2 Å². The minimum absolute atomic E-state index is 0.115. The molecule has 0 atom stereocenters. The number of piperazine rings is 1. The maximum absolute atomic E-state index is 12.7. The number of aromatic nitrogens is 2. The molecule has 9 heteroatoms. The largest absolute Gasteiger partial charge is 0.457 e. The Bertz CT molecular complexity index is 1830. The molecule has 0 spiro atoms. The predicted molar refractivity (Wildman–Crippen MR) is 171 cm³/mol. The van der Waals surface area contributed by atoms with Crippen LogP contribution in [-0.2, 0) is 24.0 Å². The number of nitrogens with zero attached hydrogens (tertiary/aromatic N) is 3. The summed E-state index contributed by atoms with van der Waals surface area (Å²) in [4.78, 5) is 32.3. The molecule has 1 aliphatic heterocycles. The van der Waals surface area contributed by atoms with Crippen LogP contribution in [0.15, 0.2) is 96.1 Å². The van der Waals surface area contributed by atoms with Gasteiger partial charge in [0.1, 0.15) is 23.6 Å². The van der Waals surface area contributed by atoms with Crippen molar-refractivity contribution in [2.24, 2.45) is 7.05 Å². The van der Waals surface area contributed by atoms with Gasteiger partial charge in [0, 0.05) is 67.8 Å². The van der Waals surface area contributed by atoms with Crippen molar-refractivity contribution < 1.29 is 19.4 Å². The van der Waals surface area contributed by atoms with Gasteiger partial charge in [0.15, 0.2) is 0 Å². The van der Waals surface area contributed by atoms with Crippen molar-refractivity contribution in [3.05, 3.63) is 113 Å². The van der Waals surface area contributed by atoms with Crippen molar-refractivity contribution in [2.45, 2.75) is 26.1 Å². The first-order chi connectivity index (χ1) is 21.2. The third kappa shape index (κ3) is 6.05. The van der Waals surface area contributed by atoms with E-state index in [9.17, 15) is 14.7 Å². The van der Waals surface area contributed by atoms with Crippen molar-refractivity contribution in [1.29, 1.82) is 0 Å². The number of rotatable bonds is 7. The summed E-state index contributed by atoms with van der Waals surface area (Å²) >= 11 is 0. The molecule has 0 saturated carbocycles. The average molecular weight is 593 g/mol. The number of aliphatic hydroxyl groups is 1. The number of nitrogens with one attached hydrogen (secondary N) is 1.